The van der Waals surface area contributed by atoms with Gasteiger partial charge < -0.3 is 14.2 Å². The highest BCUT2D eigenvalue weighted by atomic mass is 16.5. The van der Waals surface area contributed by atoms with E-state index in [9.17, 15) is 4.79 Å². The van der Waals surface area contributed by atoms with Crippen LogP contribution in [0.15, 0.2) is 23.1 Å². The minimum Gasteiger partial charge on any atom is -0.368 e. The summed E-state index contributed by atoms with van der Waals surface area (Å²) in [7, 11) is 0. The van der Waals surface area contributed by atoms with Crippen LogP contribution in [0.5, 0.6) is 0 Å². The summed E-state index contributed by atoms with van der Waals surface area (Å²) in [6.45, 7) is 5.24. The minimum absolute atomic E-state index is 0.0478. The molecular formula is C15H18N4O3. The van der Waals surface area contributed by atoms with Gasteiger partial charge in [0, 0.05) is 24.5 Å². The van der Waals surface area contributed by atoms with Crippen molar-refractivity contribution in [2.24, 2.45) is 0 Å². The van der Waals surface area contributed by atoms with Crippen LogP contribution in [0.2, 0.25) is 0 Å². The van der Waals surface area contributed by atoms with E-state index >= 15 is 0 Å². The van der Waals surface area contributed by atoms with Crippen LogP contribution in [0.25, 0.3) is 0 Å². The van der Waals surface area contributed by atoms with E-state index in [1.807, 2.05) is 13.8 Å². The Bertz CT molecular complexity index is 637. The lowest BCUT2D eigenvalue weighted by Crippen LogP contribution is -2.43. The van der Waals surface area contributed by atoms with Gasteiger partial charge >= 0.3 is 0 Å². The number of morpholine rings is 1. The van der Waals surface area contributed by atoms with Crippen LogP contribution in [0, 0.1) is 13.8 Å². The fourth-order valence-electron chi connectivity index (χ4n) is 2.55. The number of ether oxygens (including phenoxy) is 1. The van der Waals surface area contributed by atoms with Gasteiger partial charge in [-0.15, -0.1) is 0 Å². The topological polar surface area (TPSA) is 81.4 Å². The molecule has 1 unspecified atom stereocenters. The summed E-state index contributed by atoms with van der Waals surface area (Å²) in [5.41, 5.74) is 2.38. The van der Waals surface area contributed by atoms with E-state index in [4.69, 9.17) is 9.26 Å². The van der Waals surface area contributed by atoms with Crippen molar-refractivity contribution in [1.82, 2.24) is 20.0 Å². The maximum Gasteiger partial charge on any atom is 0.227 e. The average molecular weight is 302 g/mol. The third-order valence-corrected chi connectivity index (χ3v) is 3.84. The summed E-state index contributed by atoms with van der Waals surface area (Å²) in [4.78, 5) is 22.6. The molecule has 1 atom stereocenters. The fraction of sp³-hybridized carbons (Fsp3) is 0.467. The molecule has 1 saturated heterocycles. The van der Waals surface area contributed by atoms with Crippen molar-refractivity contribution in [3.63, 3.8) is 0 Å². The summed E-state index contributed by atoms with van der Waals surface area (Å²) < 4.78 is 10.8. The minimum atomic E-state index is -0.226. The van der Waals surface area contributed by atoms with Crippen LogP contribution in [-0.4, -0.2) is 45.6 Å². The third kappa shape index (κ3) is 2.99. The largest absolute Gasteiger partial charge is 0.368 e. The molecule has 0 aromatic carbocycles. The Morgan fingerprint density at radius 1 is 1.41 bits per heavy atom. The zero-order valence-corrected chi connectivity index (χ0v) is 12.7. The second kappa shape index (κ2) is 6.23. The Kier molecular flexibility index (Phi) is 4.15. The van der Waals surface area contributed by atoms with Crippen LogP contribution >= 0.6 is 0 Å². The lowest BCUT2D eigenvalue weighted by Gasteiger charge is -2.32. The first-order valence-electron chi connectivity index (χ1n) is 7.22. The molecular weight excluding hydrogens is 284 g/mol. The molecule has 2 aromatic rings. The molecule has 0 radical (unpaired) electrons. The molecule has 1 amide bonds. The second-order valence-electron chi connectivity index (χ2n) is 5.31. The molecule has 2 aromatic heterocycles. The smallest absolute Gasteiger partial charge is 0.227 e. The maximum absolute atomic E-state index is 12.5. The van der Waals surface area contributed by atoms with Crippen molar-refractivity contribution in [1.29, 1.82) is 0 Å². The number of amides is 1. The molecule has 7 heteroatoms. The number of aromatic nitrogens is 3. The third-order valence-electron chi connectivity index (χ3n) is 3.84. The van der Waals surface area contributed by atoms with Crippen LogP contribution in [0.3, 0.4) is 0 Å². The molecule has 0 N–H and O–H groups in total. The molecule has 7 nitrogen and oxygen atoms in total. The van der Waals surface area contributed by atoms with Crippen molar-refractivity contribution in [2.45, 2.75) is 26.4 Å². The summed E-state index contributed by atoms with van der Waals surface area (Å²) >= 11 is 0. The van der Waals surface area contributed by atoms with Crippen LogP contribution in [0.4, 0.5) is 0 Å². The van der Waals surface area contributed by atoms with Crippen molar-refractivity contribution >= 4 is 5.91 Å². The Labute approximate surface area is 128 Å². The first kappa shape index (κ1) is 14.6. The number of hydrogen-bond donors (Lipinski definition) is 0. The second-order valence-corrected chi connectivity index (χ2v) is 5.31. The standard InChI is InChI=1S/C15H18N4O3/c1-10-12(11(2)22-18-10)7-15(20)19-5-6-21-14(9-19)13-8-16-3-4-17-13/h3-4,8,14H,5-7,9H2,1-2H3. The molecule has 3 heterocycles. The molecule has 0 spiro atoms. The predicted octanol–water partition coefficient (Wildman–Crippen LogP) is 1.22. The quantitative estimate of drug-likeness (QED) is 0.848. The lowest BCUT2D eigenvalue weighted by atomic mass is 10.1. The highest BCUT2D eigenvalue weighted by Gasteiger charge is 2.27. The molecule has 1 fully saturated rings. The summed E-state index contributed by atoms with van der Waals surface area (Å²) in [5, 5.41) is 3.89. The predicted molar refractivity (Wildman–Crippen MR) is 77.0 cm³/mol. The van der Waals surface area contributed by atoms with E-state index in [0.29, 0.717) is 31.9 Å². The fourth-order valence-corrected chi connectivity index (χ4v) is 2.55. The van der Waals surface area contributed by atoms with Crippen LogP contribution in [-0.2, 0) is 16.0 Å². The number of rotatable bonds is 3. The monoisotopic (exact) mass is 302 g/mol. The first-order valence-corrected chi connectivity index (χ1v) is 7.22. The van der Waals surface area contributed by atoms with E-state index in [1.165, 1.54) is 0 Å². The lowest BCUT2D eigenvalue weighted by molar-refractivity contribution is -0.138. The SMILES string of the molecule is Cc1noc(C)c1CC(=O)N1CCOC(c2cnccn2)C1. The van der Waals surface area contributed by atoms with Gasteiger partial charge in [0.25, 0.3) is 0 Å². The number of aryl methyl sites for hydroxylation is 2. The molecule has 116 valence electrons. The Morgan fingerprint density at radius 2 is 2.27 bits per heavy atom. The van der Waals surface area contributed by atoms with Crippen molar-refractivity contribution in [2.75, 3.05) is 19.7 Å². The van der Waals surface area contributed by atoms with Crippen LogP contribution in [0.1, 0.15) is 28.8 Å². The maximum atomic E-state index is 12.5. The normalized spacial score (nSPS) is 18.5. The Morgan fingerprint density at radius 3 is 2.95 bits per heavy atom. The van der Waals surface area contributed by atoms with Gasteiger partial charge in [-0.2, -0.15) is 0 Å². The highest BCUT2D eigenvalue weighted by molar-refractivity contribution is 5.79. The van der Waals surface area contributed by atoms with Crippen LogP contribution < -0.4 is 0 Å². The van der Waals surface area contributed by atoms with E-state index in [0.717, 1.165) is 17.0 Å². The first-order chi connectivity index (χ1) is 10.6. The van der Waals surface area contributed by atoms with Gasteiger partial charge in [0.15, 0.2) is 0 Å². The van der Waals surface area contributed by atoms with Gasteiger partial charge in [-0.1, -0.05) is 5.16 Å². The average Bonchev–Trinajstić information content (AvgIpc) is 2.88. The zero-order valence-electron chi connectivity index (χ0n) is 12.7. The molecule has 0 saturated carbocycles. The number of hydrogen-bond acceptors (Lipinski definition) is 6. The van der Waals surface area contributed by atoms with Gasteiger partial charge in [-0.05, 0) is 13.8 Å². The van der Waals surface area contributed by atoms with E-state index in [1.54, 1.807) is 23.5 Å². The van der Waals surface area contributed by atoms with Crippen molar-refractivity contribution in [3.8, 4) is 0 Å². The Balaban J connectivity index is 1.68. The summed E-state index contributed by atoms with van der Waals surface area (Å²) in [6.07, 6.45) is 4.99. The van der Waals surface area contributed by atoms with Gasteiger partial charge in [0.05, 0.1) is 37.2 Å². The number of nitrogens with zero attached hydrogens (tertiary/aromatic N) is 4. The summed E-state index contributed by atoms with van der Waals surface area (Å²) in [6, 6.07) is 0. The van der Waals surface area contributed by atoms with E-state index in [2.05, 4.69) is 15.1 Å². The highest BCUT2D eigenvalue weighted by Crippen LogP contribution is 2.21. The summed E-state index contributed by atoms with van der Waals surface area (Å²) in [5.74, 6) is 0.746. The van der Waals surface area contributed by atoms with Crippen molar-refractivity contribution in [3.05, 3.63) is 41.3 Å². The molecule has 1 aliphatic heterocycles. The molecule has 0 bridgehead atoms. The molecule has 0 aliphatic carbocycles. The van der Waals surface area contributed by atoms with Gasteiger partial charge in [-0.25, -0.2) is 0 Å². The van der Waals surface area contributed by atoms with Gasteiger partial charge in [0.2, 0.25) is 5.91 Å². The number of carbonyl (C=O) groups is 1. The number of carbonyl (C=O) groups excluding carboxylic acids is 1. The van der Waals surface area contributed by atoms with Gasteiger partial charge in [0.1, 0.15) is 11.9 Å². The van der Waals surface area contributed by atoms with Gasteiger partial charge in [-0.3, -0.25) is 14.8 Å². The van der Waals surface area contributed by atoms with E-state index < -0.39 is 0 Å². The van der Waals surface area contributed by atoms with Crippen molar-refractivity contribution < 1.29 is 14.1 Å². The molecule has 22 heavy (non-hydrogen) atoms. The zero-order chi connectivity index (χ0) is 15.5. The molecule has 1 aliphatic rings. The Hall–Kier alpha value is -2.28. The molecule has 3 rings (SSSR count). The van der Waals surface area contributed by atoms with E-state index in [-0.39, 0.29) is 12.0 Å².